The van der Waals surface area contributed by atoms with Gasteiger partial charge in [0.2, 0.25) is 0 Å². The number of rotatable bonds is 7. The van der Waals surface area contributed by atoms with E-state index in [9.17, 15) is 9.59 Å². The molecule has 2 N–H and O–H groups in total. The number of halogens is 1. The monoisotopic (exact) mass is 395 g/mol. The normalized spacial score (nSPS) is 10.2. The maximum atomic E-state index is 12.2. The lowest BCUT2D eigenvalue weighted by Crippen LogP contribution is -2.25. The van der Waals surface area contributed by atoms with Crippen LogP contribution in [0.5, 0.6) is 5.75 Å². The minimum atomic E-state index is -0.305. The lowest BCUT2D eigenvalue weighted by molar-refractivity contribution is -0.118. The first kappa shape index (κ1) is 19.4. The molecule has 2 aromatic carbocycles. The third-order valence-corrected chi connectivity index (χ3v) is 4.09. The first-order valence-corrected chi connectivity index (χ1v) is 8.94. The van der Waals surface area contributed by atoms with Crippen LogP contribution in [0.4, 0.5) is 5.69 Å². The lowest BCUT2D eigenvalue weighted by atomic mass is 10.1. The van der Waals surface area contributed by atoms with E-state index in [4.69, 9.17) is 16.3 Å². The molecular weight excluding hydrogens is 378 g/mol. The number of pyridine rings is 1. The smallest absolute Gasteiger partial charge is 0.262 e. The average molecular weight is 396 g/mol. The Hall–Kier alpha value is -3.38. The number of hydrogen-bond acceptors (Lipinski definition) is 4. The molecule has 1 heterocycles. The second-order valence-corrected chi connectivity index (χ2v) is 6.31. The largest absolute Gasteiger partial charge is 0.484 e. The highest BCUT2D eigenvalue weighted by Crippen LogP contribution is 2.17. The van der Waals surface area contributed by atoms with Crippen LogP contribution in [0.2, 0.25) is 5.02 Å². The SMILES string of the molecule is O=C(COc1ccc(Cl)cc1)Nc1ccccc1CNC(=O)c1cccnc1. The van der Waals surface area contributed by atoms with Crippen LogP contribution in [-0.2, 0) is 11.3 Å². The van der Waals surface area contributed by atoms with E-state index in [1.54, 1.807) is 48.7 Å². The Morgan fingerprint density at radius 3 is 2.54 bits per heavy atom. The molecule has 3 rings (SSSR count). The summed E-state index contributed by atoms with van der Waals surface area (Å²) in [6.45, 7) is 0.125. The van der Waals surface area contributed by atoms with Crippen molar-refractivity contribution in [1.29, 1.82) is 0 Å². The fourth-order valence-corrected chi connectivity index (χ4v) is 2.56. The summed E-state index contributed by atoms with van der Waals surface area (Å²) in [6, 6.07) is 17.4. The van der Waals surface area contributed by atoms with Crippen LogP contribution < -0.4 is 15.4 Å². The molecule has 0 saturated carbocycles. The van der Waals surface area contributed by atoms with Gasteiger partial charge in [-0.25, -0.2) is 0 Å². The molecule has 7 heteroatoms. The van der Waals surface area contributed by atoms with Gasteiger partial charge in [0.15, 0.2) is 6.61 Å². The van der Waals surface area contributed by atoms with E-state index in [1.165, 1.54) is 6.20 Å². The van der Waals surface area contributed by atoms with E-state index in [1.807, 2.05) is 18.2 Å². The third kappa shape index (κ3) is 5.56. The number of aromatic nitrogens is 1. The van der Waals surface area contributed by atoms with Gasteiger partial charge in [-0.1, -0.05) is 29.8 Å². The first-order chi connectivity index (χ1) is 13.6. The number of ether oxygens (including phenoxy) is 1. The molecule has 0 atom stereocenters. The van der Waals surface area contributed by atoms with E-state index in [2.05, 4.69) is 15.6 Å². The number of nitrogens with zero attached hydrogens (tertiary/aromatic N) is 1. The van der Waals surface area contributed by atoms with Crippen LogP contribution in [-0.4, -0.2) is 23.4 Å². The molecule has 2 amide bonds. The van der Waals surface area contributed by atoms with Crippen LogP contribution in [0.25, 0.3) is 0 Å². The van der Waals surface area contributed by atoms with Gasteiger partial charge in [-0.15, -0.1) is 0 Å². The lowest BCUT2D eigenvalue weighted by Gasteiger charge is -2.12. The highest BCUT2D eigenvalue weighted by Gasteiger charge is 2.10. The second-order valence-electron chi connectivity index (χ2n) is 5.87. The van der Waals surface area contributed by atoms with Crippen LogP contribution in [0.1, 0.15) is 15.9 Å². The molecule has 142 valence electrons. The molecule has 3 aromatic rings. The summed E-state index contributed by atoms with van der Waals surface area (Å²) >= 11 is 5.82. The molecular formula is C21H18ClN3O3. The quantitative estimate of drug-likeness (QED) is 0.639. The summed E-state index contributed by atoms with van der Waals surface area (Å²) in [7, 11) is 0. The minimum Gasteiger partial charge on any atom is -0.484 e. The molecule has 6 nitrogen and oxygen atoms in total. The number of anilines is 1. The van der Waals surface area contributed by atoms with Crippen molar-refractivity contribution < 1.29 is 14.3 Å². The third-order valence-electron chi connectivity index (χ3n) is 3.84. The van der Waals surface area contributed by atoms with Crippen molar-refractivity contribution in [3.05, 3.63) is 89.2 Å². The van der Waals surface area contributed by atoms with Crippen molar-refractivity contribution in [2.75, 3.05) is 11.9 Å². The summed E-state index contributed by atoms with van der Waals surface area (Å²) in [4.78, 5) is 28.3. The van der Waals surface area contributed by atoms with Gasteiger partial charge in [0.25, 0.3) is 11.8 Å². The maximum Gasteiger partial charge on any atom is 0.262 e. The fourth-order valence-electron chi connectivity index (χ4n) is 2.44. The Morgan fingerprint density at radius 1 is 1.00 bits per heavy atom. The van der Waals surface area contributed by atoms with E-state index in [0.29, 0.717) is 22.0 Å². The molecule has 0 aliphatic rings. The number of amides is 2. The molecule has 0 spiro atoms. The highest BCUT2D eigenvalue weighted by atomic mass is 35.5. The van der Waals surface area contributed by atoms with Crippen LogP contribution in [0.3, 0.4) is 0 Å². The van der Waals surface area contributed by atoms with E-state index in [0.717, 1.165) is 5.56 Å². The maximum absolute atomic E-state index is 12.2. The predicted molar refractivity (Wildman–Crippen MR) is 107 cm³/mol. The van der Waals surface area contributed by atoms with E-state index < -0.39 is 0 Å². The number of carbonyl (C=O) groups excluding carboxylic acids is 2. The molecule has 1 aromatic heterocycles. The minimum absolute atomic E-state index is 0.141. The van der Waals surface area contributed by atoms with Crippen LogP contribution in [0.15, 0.2) is 73.1 Å². The number of benzene rings is 2. The Labute approximate surface area is 167 Å². The van der Waals surface area contributed by atoms with E-state index in [-0.39, 0.29) is 25.0 Å². The molecule has 0 unspecified atom stereocenters. The zero-order valence-corrected chi connectivity index (χ0v) is 15.6. The molecule has 0 aliphatic heterocycles. The van der Waals surface area contributed by atoms with Gasteiger partial charge in [-0.05, 0) is 48.0 Å². The Kier molecular flexibility index (Phi) is 6.59. The van der Waals surface area contributed by atoms with Crippen molar-refractivity contribution in [1.82, 2.24) is 10.3 Å². The van der Waals surface area contributed by atoms with Gasteiger partial charge >= 0.3 is 0 Å². The summed E-state index contributed by atoms with van der Waals surface area (Å²) in [5.74, 6) is 0.0119. The topological polar surface area (TPSA) is 80.3 Å². The van der Waals surface area contributed by atoms with Gasteiger partial charge in [0.1, 0.15) is 5.75 Å². The molecule has 0 fully saturated rings. The van der Waals surface area contributed by atoms with Crippen LogP contribution in [0, 0.1) is 0 Å². The summed E-state index contributed by atoms with van der Waals surface area (Å²) in [6.07, 6.45) is 3.10. The van der Waals surface area contributed by atoms with E-state index >= 15 is 0 Å². The van der Waals surface area contributed by atoms with Crippen LogP contribution >= 0.6 is 11.6 Å². The highest BCUT2D eigenvalue weighted by molar-refractivity contribution is 6.30. The molecule has 0 aliphatic carbocycles. The Bertz CT molecular complexity index is 947. The molecule has 0 bridgehead atoms. The summed E-state index contributed by atoms with van der Waals surface area (Å²) in [5.41, 5.74) is 1.86. The number of nitrogens with one attached hydrogen (secondary N) is 2. The number of para-hydroxylation sites is 1. The standard InChI is InChI=1S/C21H18ClN3O3/c22-17-7-9-18(10-8-17)28-14-20(26)25-19-6-2-1-4-15(19)13-24-21(27)16-5-3-11-23-12-16/h1-12H,13-14H2,(H,24,27)(H,25,26). The fraction of sp³-hybridized carbons (Fsp3) is 0.0952. The van der Waals surface area contributed by atoms with Gasteiger partial charge in [0, 0.05) is 29.6 Å². The van der Waals surface area contributed by atoms with Gasteiger partial charge in [-0.2, -0.15) is 0 Å². The summed E-state index contributed by atoms with van der Waals surface area (Å²) < 4.78 is 5.44. The number of carbonyl (C=O) groups is 2. The number of hydrogen-bond donors (Lipinski definition) is 2. The van der Waals surface area contributed by atoms with Crippen molar-refractivity contribution in [3.63, 3.8) is 0 Å². The summed E-state index contributed by atoms with van der Waals surface area (Å²) in [5, 5.41) is 6.22. The Morgan fingerprint density at radius 2 is 1.79 bits per heavy atom. The molecule has 28 heavy (non-hydrogen) atoms. The molecule has 0 saturated heterocycles. The van der Waals surface area contributed by atoms with Gasteiger partial charge < -0.3 is 15.4 Å². The second kappa shape index (κ2) is 9.53. The van der Waals surface area contributed by atoms with Gasteiger partial charge in [-0.3, -0.25) is 14.6 Å². The zero-order chi connectivity index (χ0) is 19.8. The first-order valence-electron chi connectivity index (χ1n) is 8.56. The predicted octanol–water partition coefficient (Wildman–Crippen LogP) is 3.68. The van der Waals surface area contributed by atoms with Gasteiger partial charge in [0.05, 0.1) is 5.56 Å². The van der Waals surface area contributed by atoms with Crippen molar-refractivity contribution in [2.24, 2.45) is 0 Å². The average Bonchev–Trinajstić information content (AvgIpc) is 2.73. The zero-order valence-electron chi connectivity index (χ0n) is 14.9. The Balaban J connectivity index is 1.56. The van der Waals surface area contributed by atoms with Crippen molar-refractivity contribution in [2.45, 2.75) is 6.54 Å². The van der Waals surface area contributed by atoms with Crippen molar-refractivity contribution >= 4 is 29.1 Å². The van der Waals surface area contributed by atoms with Crippen molar-refractivity contribution in [3.8, 4) is 5.75 Å². The molecule has 0 radical (unpaired) electrons.